The number of amides is 1. The molecule has 1 unspecified atom stereocenters. The molecule has 3 aromatic rings. The van der Waals surface area contributed by atoms with Gasteiger partial charge in [0.15, 0.2) is 0 Å². The summed E-state index contributed by atoms with van der Waals surface area (Å²) in [6.07, 6.45) is 5.24. The number of carbonyl (C=O) groups excluding carboxylic acids is 1. The minimum absolute atomic E-state index is 0.278. The Morgan fingerprint density at radius 2 is 2.00 bits per heavy atom. The molecule has 1 fully saturated rings. The van der Waals surface area contributed by atoms with Crippen molar-refractivity contribution < 1.29 is 9.53 Å². The summed E-state index contributed by atoms with van der Waals surface area (Å²) in [4.78, 5) is 18.8. The molecule has 8 nitrogen and oxygen atoms in total. The molecule has 9 heteroatoms. The van der Waals surface area contributed by atoms with Gasteiger partial charge in [0.25, 0.3) is 0 Å². The van der Waals surface area contributed by atoms with Gasteiger partial charge in [-0.1, -0.05) is 30.8 Å². The number of aromatic amines is 1. The maximum absolute atomic E-state index is 12.6. The predicted octanol–water partition coefficient (Wildman–Crippen LogP) is 4.08. The number of H-pyrrole nitrogens is 1. The third-order valence-electron chi connectivity index (χ3n) is 5.86. The van der Waals surface area contributed by atoms with Crippen molar-refractivity contribution in [3.63, 3.8) is 0 Å². The molecule has 1 N–H and O–H groups in total. The second kappa shape index (κ2) is 10.6. The smallest absolute Gasteiger partial charge is 0.410 e. The van der Waals surface area contributed by atoms with Gasteiger partial charge in [0, 0.05) is 30.2 Å². The monoisotopic (exact) mass is 452 g/mol. The molecule has 1 saturated heterocycles. The van der Waals surface area contributed by atoms with E-state index in [4.69, 9.17) is 4.74 Å². The van der Waals surface area contributed by atoms with Crippen molar-refractivity contribution in [2.24, 2.45) is 5.92 Å². The summed E-state index contributed by atoms with van der Waals surface area (Å²) >= 11 is 1.64. The van der Waals surface area contributed by atoms with E-state index in [1.54, 1.807) is 16.7 Å². The van der Waals surface area contributed by atoms with Crippen LogP contribution >= 0.6 is 11.8 Å². The van der Waals surface area contributed by atoms with Crippen molar-refractivity contribution in [3.05, 3.63) is 59.4 Å². The average molecular weight is 453 g/mol. The van der Waals surface area contributed by atoms with Crippen LogP contribution in [0.3, 0.4) is 0 Å². The summed E-state index contributed by atoms with van der Waals surface area (Å²) in [6, 6.07) is 11.9. The van der Waals surface area contributed by atoms with Gasteiger partial charge < -0.3 is 9.64 Å². The number of benzene rings is 1. The molecular weight excluding hydrogens is 424 g/mol. The molecule has 0 radical (unpaired) electrons. The first kappa shape index (κ1) is 22.3. The van der Waals surface area contributed by atoms with Crippen LogP contribution < -0.4 is 4.74 Å². The maximum atomic E-state index is 12.6. The van der Waals surface area contributed by atoms with E-state index in [-0.39, 0.29) is 6.09 Å². The maximum Gasteiger partial charge on any atom is 0.415 e. The van der Waals surface area contributed by atoms with Gasteiger partial charge in [-0.3, -0.25) is 4.98 Å². The van der Waals surface area contributed by atoms with Crippen molar-refractivity contribution in [2.45, 2.75) is 49.9 Å². The van der Waals surface area contributed by atoms with Gasteiger partial charge in [-0.15, -0.1) is 5.10 Å². The van der Waals surface area contributed by atoms with E-state index in [1.165, 1.54) is 11.1 Å². The molecule has 4 rings (SSSR count). The third-order valence-corrected chi connectivity index (χ3v) is 7.01. The molecule has 1 aromatic carbocycles. The van der Waals surface area contributed by atoms with Crippen LogP contribution in [-0.2, 0) is 12.8 Å². The molecule has 0 spiro atoms. The quantitative estimate of drug-likeness (QED) is 0.540. The third kappa shape index (κ3) is 6.06. The normalized spacial score (nSPS) is 15.5. The lowest BCUT2D eigenvalue weighted by Crippen LogP contribution is -2.41. The molecule has 32 heavy (non-hydrogen) atoms. The van der Waals surface area contributed by atoms with Crippen LogP contribution in [0.4, 0.5) is 4.79 Å². The lowest BCUT2D eigenvalue weighted by Gasteiger charge is -2.33. The Morgan fingerprint density at radius 1 is 1.22 bits per heavy atom. The fourth-order valence-corrected chi connectivity index (χ4v) is 4.92. The molecule has 168 valence electrons. The first-order chi connectivity index (χ1) is 15.6. The molecule has 1 aliphatic heterocycles. The highest BCUT2D eigenvalue weighted by Gasteiger charge is 2.28. The van der Waals surface area contributed by atoms with E-state index in [0.29, 0.717) is 30.0 Å². The number of likely N-dealkylation sites (tertiary alicyclic amines) is 1. The predicted molar refractivity (Wildman–Crippen MR) is 123 cm³/mol. The van der Waals surface area contributed by atoms with Crippen molar-refractivity contribution in [1.29, 1.82) is 0 Å². The summed E-state index contributed by atoms with van der Waals surface area (Å²) in [7, 11) is 0. The fourth-order valence-electron chi connectivity index (χ4n) is 3.92. The van der Waals surface area contributed by atoms with Crippen LogP contribution in [-0.4, -0.2) is 54.9 Å². The zero-order valence-electron chi connectivity index (χ0n) is 18.4. The zero-order valence-corrected chi connectivity index (χ0v) is 19.2. The molecule has 0 bridgehead atoms. The van der Waals surface area contributed by atoms with Gasteiger partial charge in [0.05, 0.1) is 0 Å². The number of hydrogen-bond donors (Lipinski definition) is 1. The summed E-state index contributed by atoms with van der Waals surface area (Å²) in [5.41, 5.74) is 3.51. The second-order valence-corrected chi connectivity index (χ2v) is 9.56. The Morgan fingerprint density at radius 3 is 2.69 bits per heavy atom. The number of thioether (sulfide) groups is 1. The number of nitrogens with zero attached hydrogens (tertiary/aromatic N) is 5. The summed E-state index contributed by atoms with van der Waals surface area (Å²) < 4.78 is 5.61. The number of pyridine rings is 1. The Bertz CT molecular complexity index is 1000. The van der Waals surface area contributed by atoms with Gasteiger partial charge in [-0.05, 0) is 84.3 Å². The Balaban J connectivity index is 1.22. The SMILES string of the molecule is Cc1ccnc(CCc2ccc(OC(=O)N3CCC(C(C)Sc4nnn[nH]4)CC3)cc2)c1. The zero-order chi connectivity index (χ0) is 22.3. The minimum Gasteiger partial charge on any atom is -0.410 e. The first-order valence-corrected chi connectivity index (χ1v) is 11.8. The fraction of sp³-hybridized carbons (Fsp3) is 0.435. The molecule has 1 atom stereocenters. The van der Waals surface area contributed by atoms with Crippen molar-refractivity contribution in [2.75, 3.05) is 13.1 Å². The molecule has 3 heterocycles. The highest BCUT2D eigenvalue weighted by Crippen LogP contribution is 2.31. The largest absolute Gasteiger partial charge is 0.415 e. The number of hydrogen-bond acceptors (Lipinski definition) is 7. The van der Waals surface area contributed by atoms with Gasteiger partial charge in [0.1, 0.15) is 5.75 Å². The topological polar surface area (TPSA) is 96.9 Å². The highest BCUT2D eigenvalue weighted by molar-refractivity contribution is 7.99. The van der Waals surface area contributed by atoms with E-state index < -0.39 is 0 Å². The number of carbonyl (C=O) groups is 1. The molecule has 1 amide bonds. The Kier molecular flexibility index (Phi) is 7.36. The number of ether oxygens (including phenoxy) is 1. The Hall–Kier alpha value is -2.94. The van der Waals surface area contributed by atoms with Crippen LogP contribution in [0.1, 0.15) is 36.6 Å². The van der Waals surface area contributed by atoms with Crippen LogP contribution in [0.2, 0.25) is 0 Å². The number of piperidine rings is 1. The van der Waals surface area contributed by atoms with E-state index in [0.717, 1.165) is 36.5 Å². The molecule has 0 saturated carbocycles. The summed E-state index contributed by atoms with van der Waals surface area (Å²) in [5, 5.41) is 15.1. The lowest BCUT2D eigenvalue weighted by molar-refractivity contribution is 0.131. The van der Waals surface area contributed by atoms with Crippen molar-refractivity contribution in [3.8, 4) is 5.75 Å². The van der Waals surface area contributed by atoms with Gasteiger partial charge >= 0.3 is 6.09 Å². The summed E-state index contributed by atoms with van der Waals surface area (Å²) in [5.74, 6) is 1.09. The van der Waals surface area contributed by atoms with Crippen LogP contribution in [0, 0.1) is 12.8 Å². The molecule has 2 aromatic heterocycles. The lowest BCUT2D eigenvalue weighted by atomic mass is 9.94. The van der Waals surface area contributed by atoms with Gasteiger partial charge in [0.2, 0.25) is 5.16 Å². The van der Waals surface area contributed by atoms with Crippen molar-refractivity contribution in [1.82, 2.24) is 30.5 Å². The molecule has 0 aliphatic carbocycles. The number of nitrogens with one attached hydrogen (secondary N) is 1. The average Bonchev–Trinajstić information content (AvgIpc) is 3.32. The number of tetrazole rings is 1. The van der Waals surface area contributed by atoms with Gasteiger partial charge in [-0.2, -0.15) is 0 Å². The highest BCUT2D eigenvalue weighted by atomic mass is 32.2. The van der Waals surface area contributed by atoms with Crippen LogP contribution in [0.15, 0.2) is 47.8 Å². The van der Waals surface area contributed by atoms with E-state index in [1.807, 2.05) is 36.5 Å². The van der Waals surface area contributed by atoms with Crippen LogP contribution in [0.5, 0.6) is 5.75 Å². The van der Waals surface area contributed by atoms with E-state index >= 15 is 0 Å². The molecular formula is C23H28N6O2S. The van der Waals surface area contributed by atoms with Crippen LogP contribution in [0.25, 0.3) is 0 Å². The Labute approximate surface area is 192 Å². The second-order valence-electron chi connectivity index (χ2n) is 8.19. The summed E-state index contributed by atoms with van der Waals surface area (Å²) in [6.45, 7) is 5.66. The number of aryl methyl sites for hydroxylation is 3. The van der Waals surface area contributed by atoms with Gasteiger partial charge in [-0.25, -0.2) is 9.89 Å². The number of rotatable bonds is 7. The van der Waals surface area contributed by atoms with E-state index in [9.17, 15) is 4.79 Å². The van der Waals surface area contributed by atoms with E-state index in [2.05, 4.69) is 45.5 Å². The number of aromatic nitrogens is 5. The standard InChI is InChI=1S/C23H28N6O2S/c1-16-9-12-24-20(15-16)6-3-18-4-7-21(8-5-18)31-23(30)29-13-10-19(11-14-29)17(2)32-22-25-27-28-26-22/h4-5,7-9,12,15,17,19H,3,6,10-11,13-14H2,1-2H3,(H,25,26,27,28). The van der Waals surface area contributed by atoms with Crippen molar-refractivity contribution >= 4 is 17.9 Å². The first-order valence-electron chi connectivity index (χ1n) is 10.9. The molecule has 1 aliphatic rings. The minimum atomic E-state index is -0.278.